The smallest absolute Gasteiger partial charge is 0.399 e. The largest absolute Gasteiger partial charge is 0.494 e. The van der Waals surface area contributed by atoms with Crippen LogP contribution in [0.15, 0.2) is 144 Å². The Kier molecular flexibility index (Phi) is 16.2. The molecule has 0 amide bonds. The number of aromatic nitrogens is 14. The van der Waals surface area contributed by atoms with Crippen molar-refractivity contribution < 1.29 is 22.5 Å². The normalized spacial score (nSPS) is 13.4. The van der Waals surface area contributed by atoms with Gasteiger partial charge in [-0.15, -0.1) is 0 Å². The quantitative estimate of drug-likeness (QED) is 0.0935. The van der Waals surface area contributed by atoms with Crippen LogP contribution in [0.1, 0.15) is 27.7 Å². The third kappa shape index (κ3) is 12.4. The first-order chi connectivity index (χ1) is 34.3. The predicted molar refractivity (Wildman–Crippen MR) is 276 cm³/mol. The molecule has 366 valence electrons. The maximum Gasteiger partial charge on any atom is 0.494 e. The van der Waals surface area contributed by atoms with Gasteiger partial charge < -0.3 is 9.31 Å². The lowest BCUT2D eigenvalue weighted by Gasteiger charge is -2.32. The summed E-state index contributed by atoms with van der Waals surface area (Å²) in [6.45, 7) is 8.24. The van der Waals surface area contributed by atoms with Crippen molar-refractivity contribution in [1.82, 2.24) is 68.4 Å². The highest BCUT2D eigenvalue weighted by Gasteiger charge is 2.51. The van der Waals surface area contributed by atoms with Crippen LogP contribution in [0.5, 0.6) is 0 Å². The zero-order valence-electron chi connectivity index (χ0n) is 37.8. The minimum absolute atomic E-state index is 0.0128. The fourth-order valence-corrected chi connectivity index (χ4v) is 7.86. The van der Waals surface area contributed by atoms with Gasteiger partial charge in [-0.1, -0.05) is 27.5 Å². The molecule has 26 heteroatoms. The van der Waals surface area contributed by atoms with Crippen LogP contribution in [-0.2, 0) is 9.31 Å². The Labute approximate surface area is 444 Å². The van der Waals surface area contributed by atoms with Crippen LogP contribution in [0.3, 0.4) is 0 Å². The second-order valence-corrected chi connectivity index (χ2v) is 19.2. The highest BCUT2D eigenvalue weighted by molar-refractivity contribution is 9.11. The van der Waals surface area contributed by atoms with E-state index in [1.54, 1.807) is 70.5 Å². The topological polar surface area (TPSA) is 165 Å². The molecule has 0 radical (unpaired) electrons. The van der Waals surface area contributed by atoms with Crippen molar-refractivity contribution in [3.63, 3.8) is 0 Å². The van der Waals surface area contributed by atoms with Crippen molar-refractivity contribution in [3.05, 3.63) is 182 Å². The first-order valence-corrected chi connectivity index (χ1v) is 24.1. The van der Waals surface area contributed by atoms with Crippen molar-refractivity contribution in [2.75, 3.05) is 0 Å². The first kappa shape index (κ1) is 52.2. The van der Waals surface area contributed by atoms with E-state index in [1.807, 2.05) is 57.8 Å². The van der Waals surface area contributed by atoms with Gasteiger partial charge in [-0.2, -0.15) is 20.4 Å². The standard InChI is InChI=1S/C13H17BN2O2.C11H5BrClFN4.C11H6ClFN4.C7H5BrN2.C4HCl2FN2/c1-12(2)13(3,4)18-14(17-12)10-6-8-16-11(9-10)5-7-15-16;12-7-4-16-18-2-1-6(3-9(7)18)10-8(14)5-15-11(13)17-10;12-11-14-6-9(13)10(16-11)7-2-4-17-8(5-7)1-3-15-17;8-6-2-4-10-7(5-6)1-3-9-10;5-3-2(7)1-8-4(6)9-3/h5-9H,1-4H3;1-5H;1-6H;1-5H;1H. The Hall–Kier alpha value is -6.11. The molecule has 12 heterocycles. The second kappa shape index (κ2) is 22.3. The SMILES string of the molecule is Brc1ccn2nccc2c1.CC1(C)OB(c2ccn3nccc3c2)OC1(C)C.Fc1cnc(Cl)nc1-c1ccn2ncc(Br)c2c1.Fc1cnc(Cl)nc1-c1ccn2nccc2c1.Fc1cnc(Cl)nc1Cl. The van der Waals surface area contributed by atoms with Crippen LogP contribution in [0.25, 0.3) is 44.6 Å². The van der Waals surface area contributed by atoms with Gasteiger partial charge in [0, 0.05) is 59.0 Å². The van der Waals surface area contributed by atoms with Crippen molar-refractivity contribution in [1.29, 1.82) is 0 Å². The highest BCUT2D eigenvalue weighted by Crippen LogP contribution is 2.36. The number of nitrogens with zero attached hydrogens (tertiary/aromatic N) is 14. The van der Waals surface area contributed by atoms with E-state index < -0.39 is 17.5 Å². The van der Waals surface area contributed by atoms with Crippen molar-refractivity contribution in [2.45, 2.75) is 38.9 Å². The summed E-state index contributed by atoms with van der Waals surface area (Å²) in [6.07, 6.45) is 17.2. The maximum absolute atomic E-state index is 13.7. The summed E-state index contributed by atoms with van der Waals surface area (Å²) in [5, 5.41) is 16.1. The summed E-state index contributed by atoms with van der Waals surface area (Å²) in [7, 11) is -0.310. The molecule has 0 N–H and O–H groups in total. The Morgan fingerprint density at radius 3 is 1.51 bits per heavy atom. The summed E-state index contributed by atoms with van der Waals surface area (Å²) in [5.41, 5.74) is 5.87. The predicted octanol–water partition coefficient (Wildman–Crippen LogP) is 11.6. The fraction of sp³-hybridized carbons (Fsp3) is 0.130. The summed E-state index contributed by atoms with van der Waals surface area (Å²) < 4.78 is 60.4. The van der Waals surface area contributed by atoms with Crippen molar-refractivity contribution >= 4 is 113 Å². The van der Waals surface area contributed by atoms with Gasteiger partial charge in [0.05, 0.1) is 62.5 Å². The Balaban J connectivity index is 0.000000123. The maximum atomic E-state index is 13.7. The van der Waals surface area contributed by atoms with E-state index in [9.17, 15) is 13.2 Å². The third-order valence-electron chi connectivity index (χ3n) is 10.8. The minimum atomic E-state index is -0.666. The molecule has 0 saturated carbocycles. The summed E-state index contributed by atoms with van der Waals surface area (Å²) in [6, 6.07) is 20.8. The Morgan fingerprint density at radius 1 is 0.514 bits per heavy atom. The van der Waals surface area contributed by atoms with Gasteiger partial charge in [-0.25, -0.2) is 61.1 Å². The third-order valence-corrected chi connectivity index (χ3v) is 12.7. The minimum Gasteiger partial charge on any atom is -0.399 e. The fourth-order valence-electron chi connectivity index (χ4n) is 6.55. The lowest BCUT2D eigenvalue weighted by atomic mass is 9.79. The number of fused-ring (bicyclic) bond motifs is 4. The monoisotopic (exact) mass is 1180 g/mol. The van der Waals surface area contributed by atoms with E-state index in [0.717, 1.165) is 55.1 Å². The van der Waals surface area contributed by atoms with Crippen LogP contribution in [0.4, 0.5) is 13.2 Å². The number of rotatable bonds is 3. The van der Waals surface area contributed by atoms with Crippen LogP contribution in [0.2, 0.25) is 21.0 Å². The molecule has 0 spiro atoms. The molecule has 1 saturated heterocycles. The van der Waals surface area contributed by atoms with Gasteiger partial charge in [-0.3, -0.25) is 0 Å². The molecule has 16 nitrogen and oxygen atoms in total. The molecule has 1 aliphatic rings. The summed E-state index contributed by atoms with van der Waals surface area (Å²) in [5.74, 6) is -1.68. The van der Waals surface area contributed by atoms with Crippen LogP contribution in [-0.4, -0.2) is 86.7 Å². The highest BCUT2D eigenvalue weighted by atomic mass is 79.9. The van der Waals surface area contributed by atoms with Crippen molar-refractivity contribution in [3.8, 4) is 22.5 Å². The molecular weight excluding hydrogens is 1150 g/mol. The second-order valence-electron chi connectivity index (χ2n) is 16.1. The van der Waals surface area contributed by atoms with E-state index in [4.69, 9.17) is 55.7 Å². The Bertz CT molecular complexity index is 3680. The number of pyridine rings is 4. The van der Waals surface area contributed by atoms with Crippen molar-refractivity contribution in [2.24, 2.45) is 0 Å². The average molecular weight is 1180 g/mol. The molecule has 11 aromatic rings. The van der Waals surface area contributed by atoms with E-state index in [0.29, 0.717) is 11.1 Å². The number of halogens is 9. The van der Waals surface area contributed by atoms with Gasteiger partial charge >= 0.3 is 7.12 Å². The molecule has 11 aromatic heterocycles. The lowest BCUT2D eigenvalue weighted by Crippen LogP contribution is -2.41. The van der Waals surface area contributed by atoms with Crippen LogP contribution < -0.4 is 5.46 Å². The van der Waals surface area contributed by atoms with Gasteiger partial charge in [0.2, 0.25) is 15.9 Å². The van der Waals surface area contributed by atoms with E-state index in [-0.39, 0.29) is 50.7 Å². The summed E-state index contributed by atoms with van der Waals surface area (Å²) in [4.78, 5) is 21.6. The number of hydrogen-bond donors (Lipinski definition) is 0. The van der Waals surface area contributed by atoms with Crippen LogP contribution >= 0.6 is 78.3 Å². The first-order valence-electron chi connectivity index (χ1n) is 21.0. The van der Waals surface area contributed by atoms with E-state index >= 15 is 0 Å². The van der Waals surface area contributed by atoms with Gasteiger partial charge in [0.25, 0.3) is 0 Å². The number of hydrogen-bond acceptors (Lipinski definition) is 12. The van der Waals surface area contributed by atoms with Crippen LogP contribution in [0, 0.1) is 17.5 Å². The zero-order valence-corrected chi connectivity index (χ0v) is 44.0. The molecule has 0 unspecified atom stereocenters. The van der Waals surface area contributed by atoms with Gasteiger partial charge in [0.15, 0.2) is 22.6 Å². The average Bonchev–Trinajstić information content (AvgIpc) is 4.21. The van der Waals surface area contributed by atoms with Gasteiger partial charge in [-0.05, 0) is 151 Å². The molecule has 1 fully saturated rings. The Morgan fingerprint density at radius 2 is 0.972 bits per heavy atom. The molecule has 1 aliphatic heterocycles. The molecular formula is C46H34BBr2Cl4F3N14O2. The molecule has 72 heavy (non-hydrogen) atoms. The molecule has 0 bridgehead atoms. The molecule has 0 aliphatic carbocycles. The summed E-state index contributed by atoms with van der Waals surface area (Å²) >= 11 is 28.5. The van der Waals surface area contributed by atoms with E-state index in [2.05, 4.69) is 116 Å². The molecule has 12 rings (SSSR count). The lowest BCUT2D eigenvalue weighted by molar-refractivity contribution is 0.00578. The zero-order chi connectivity index (χ0) is 51.3. The molecule has 0 aromatic carbocycles. The van der Waals surface area contributed by atoms with E-state index in [1.165, 1.54) is 0 Å². The van der Waals surface area contributed by atoms with Gasteiger partial charge in [0.1, 0.15) is 11.4 Å². The molecule has 0 atom stereocenters.